The molecule has 7 aromatic rings. The minimum Gasteiger partial charge on any atom is -0.506 e. The smallest absolute Gasteiger partial charge is 0.469 e. The van der Waals surface area contributed by atoms with Gasteiger partial charge in [-0.25, -0.2) is 29.2 Å². The van der Waals surface area contributed by atoms with E-state index in [4.69, 9.17) is 37.9 Å². The van der Waals surface area contributed by atoms with E-state index in [0.29, 0.717) is 33.8 Å². The Labute approximate surface area is 769 Å². The van der Waals surface area contributed by atoms with Crippen molar-refractivity contribution < 1.29 is 95.9 Å². The molecule has 132 heavy (non-hydrogen) atoms. The molecule has 7 rings (SSSR count). The first kappa shape index (κ1) is 106. The molecule has 0 fully saturated rings. The minimum absolute atomic E-state index is 0.0112. The van der Waals surface area contributed by atoms with Crippen LogP contribution in [0.1, 0.15) is 136 Å². The third kappa shape index (κ3) is 34.8. The van der Waals surface area contributed by atoms with E-state index in [2.05, 4.69) is 125 Å². The fourth-order valence-corrected chi connectivity index (χ4v) is 14.9. The number of halogens is 1. The number of thioether (sulfide) groups is 1. The van der Waals surface area contributed by atoms with E-state index in [1.165, 1.54) is 69.1 Å². The highest BCUT2D eigenvalue weighted by atomic mass is 79.9. The molecule has 0 unspecified atom stereocenters. The molecule has 0 aliphatic rings. The summed E-state index contributed by atoms with van der Waals surface area (Å²) >= 11 is 4.48. The van der Waals surface area contributed by atoms with Crippen molar-refractivity contribution in [3.05, 3.63) is 120 Å². The number of nitrogens with two attached hydrogens (primary N) is 4. The Hall–Kier alpha value is -13.3. The number of hydrogen-bond acceptors (Lipinski definition) is 26. The monoisotopic (exact) mass is 1940 g/mol. The number of aromatic amines is 3. The number of phosphoric acid groups is 1. The van der Waals surface area contributed by atoms with Crippen LogP contribution in [0.15, 0.2) is 96.8 Å². The summed E-state index contributed by atoms with van der Waals surface area (Å²) in [7, 11) is -5.55. The van der Waals surface area contributed by atoms with Crippen LogP contribution in [0.4, 0.5) is 0 Å². The number of primary amides is 3. The van der Waals surface area contributed by atoms with Gasteiger partial charge in [0.2, 0.25) is 88.6 Å². The number of carbonyl (C=O) groups excluding carboxylic acids is 15. The lowest BCUT2D eigenvalue weighted by molar-refractivity contribution is -0.137. The van der Waals surface area contributed by atoms with Gasteiger partial charge in [0.1, 0.15) is 89.5 Å². The highest BCUT2D eigenvalue weighted by Crippen LogP contribution is 2.36. The maximum absolute atomic E-state index is 15.2. The van der Waals surface area contributed by atoms with E-state index in [1.807, 2.05) is 24.3 Å². The molecule has 0 aliphatic heterocycles. The van der Waals surface area contributed by atoms with Crippen LogP contribution in [0.25, 0.3) is 27.8 Å². The SMILES string of the molecule is CC[C@H](C)[C@H](NC(=O)[C@H](COP(=O)(O)O)NC(=O)[C@H](CC(C)C)NC(=O)[C@H](CCC(N)=O)NC(=O)[C@H](CCCNC(=N)N)NC(=O)[C@H](CCC(N)=O)NC(=O)[C@H](CC(C)C)NC(=O)[C@H](Cc1c[nH]cn1)NC(=O)[C@H](C)NC(C)=O)C(=O)N[C@@H](CSCc1ccc2c(-n3cc(-c4ccc(Br)cc4)nn3)ccc(O)c2n1)C(=O)N[C@@H](Cc1c[nH]cn1)C(=O)N[C@@H](Cc1c[nH]cn1)C(N)=O. The van der Waals surface area contributed by atoms with Gasteiger partial charge in [-0.2, -0.15) is 11.8 Å². The van der Waals surface area contributed by atoms with Gasteiger partial charge in [-0.05, 0) is 99.6 Å². The number of aromatic hydroxyl groups is 1. The van der Waals surface area contributed by atoms with Gasteiger partial charge in [0, 0.05) is 91.1 Å². The van der Waals surface area contributed by atoms with Crippen molar-refractivity contribution in [2.45, 2.75) is 211 Å². The fraction of sp³-hybridized carbons (Fsp3) is 0.481. The summed E-state index contributed by atoms with van der Waals surface area (Å²) in [5, 5.41) is 60.9. The number of phosphoric ester groups is 1. The van der Waals surface area contributed by atoms with E-state index in [0.717, 1.165) is 21.8 Å². The van der Waals surface area contributed by atoms with Crippen molar-refractivity contribution in [2.75, 3.05) is 18.9 Å². The lowest BCUT2D eigenvalue weighted by Crippen LogP contribution is -2.62. The quantitative estimate of drug-likeness (QED) is 0.00809. The second-order valence-corrected chi connectivity index (χ2v) is 35.2. The van der Waals surface area contributed by atoms with Crippen LogP contribution in [0.3, 0.4) is 0 Å². The molecule has 0 spiro atoms. The Kier molecular flexibility index (Phi) is 41.1. The molecule has 13 atom stereocenters. The second-order valence-electron chi connectivity index (χ2n) is 32.0. The number of hydrogen-bond donors (Lipinski definition) is 24. The second kappa shape index (κ2) is 51.3. The van der Waals surface area contributed by atoms with E-state index >= 15 is 9.59 Å². The molecular formula is C81H114BrN28O20PS. The number of phenols is 1. The number of nitrogens with one attached hydrogen (secondary N) is 17. The Morgan fingerprint density at radius 3 is 1.45 bits per heavy atom. The molecule has 48 nitrogen and oxygen atoms in total. The van der Waals surface area contributed by atoms with Crippen molar-refractivity contribution in [1.29, 1.82) is 5.41 Å². The number of benzene rings is 2. The summed E-state index contributed by atoms with van der Waals surface area (Å²) in [5.41, 5.74) is 25.7. The number of rotatable bonds is 55. The number of fused-ring (bicyclic) bond motifs is 1. The number of carbonyl (C=O) groups is 15. The molecule has 28 N–H and O–H groups in total. The van der Waals surface area contributed by atoms with Crippen molar-refractivity contribution in [3.8, 4) is 22.7 Å². The lowest BCUT2D eigenvalue weighted by Gasteiger charge is -2.30. The van der Waals surface area contributed by atoms with Crippen LogP contribution >= 0.6 is 35.5 Å². The minimum atomic E-state index is -5.55. The van der Waals surface area contributed by atoms with Gasteiger partial charge in [-0.1, -0.05) is 81.2 Å². The molecule has 5 heterocycles. The number of nitrogens with zero attached hydrogens (tertiary/aromatic N) is 7. The molecule has 716 valence electrons. The van der Waals surface area contributed by atoms with Crippen LogP contribution in [-0.4, -0.2) is 251 Å². The van der Waals surface area contributed by atoms with Gasteiger partial charge >= 0.3 is 7.82 Å². The van der Waals surface area contributed by atoms with Gasteiger partial charge < -0.3 is 122 Å². The first-order chi connectivity index (χ1) is 62.4. The molecule has 0 bridgehead atoms. The average Bonchev–Trinajstić information content (AvgIpc) is 1.60. The summed E-state index contributed by atoms with van der Waals surface area (Å²) < 4.78 is 19.7. The molecule has 0 saturated heterocycles. The molecule has 15 amide bonds. The van der Waals surface area contributed by atoms with E-state index in [9.17, 15) is 81.8 Å². The van der Waals surface area contributed by atoms with Gasteiger partial charge in [0.25, 0.3) is 0 Å². The lowest BCUT2D eigenvalue weighted by atomic mass is 9.97. The number of imidazole rings is 3. The number of aromatic nitrogens is 10. The van der Waals surface area contributed by atoms with Crippen molar-refractivity contribution >= 4 is 141 Å². The zero-order chi connectivity index (χ0) is 97.2. The topological polar surface area (TPSA) is 757 Å². The Morgan fingerprint density at radius 1 is 0.538 bits per heavy atom. The van der Waals surface area contributed by atoms with Crippen LogP contribution in [0.5, 0.6) is 5.75 Å². The third-order valence-electron chi connectivity index (χ3n) is 20.3. The largest absolute Gasteiger partial charge is 0.506 e. The molecule has 0 aliphatic carbocycles. The Balaban J connectivity index is 1.15. The number of pyridine rings is 1. The standard InChI is InChI=1S/C81H114BrN28O20PS/c1-9-42(6)67(80(126)106-62(79(125)104-59(29-50-32-90-39-94-50)76(122)100-55(69(85)115)27-48-30-88-37-92-48)36-132-35-47-16-17-51-63(20-21-64(112)68(51)96-47)110-33-60(108-109-110)45-12-14-46(82)15-13-45)107-78(124)61(34-130-131(127,128)129)105-75(121)57(26-41(4)5)102-73(119)54(19-23-66(84)114)98-71(117)52(11-10-24-91-81(86)87)97-72(118)53(18-22-65(83)113)99-74(120)56(25-40(2)3)103-77(123)58(28-49-31-89-38-93-49)101-70(116)43(7)95-44(8)111/h12-17,20-21,30-33,37-43,52-59,61-62,67,112H,9-11,18-19,22-29,34-36H2,1-8H3,(H2,83,113)(H2,84,114)(H2,85,115)(H,88,92)(H,89,93)(H,90,94)(H,95,111)(H,97,118)(H,98,117)(H,99,120)(H,100,122)(H,101,116)(H,102,119)(H,103,123)(H,104,125)(H,105,121)(H,106,126)(H,107,124)(H4,86,87,91)(H2,127,128,129)/t42-,43-,52-,53-,54-,55-,56-,57-,58-,59-,61-,62-,67-/m0/s1. The maximum atomic E-state index is 15.2. The predicted molar refractivity (Wildman–Crippen MR) is 481 cm³/mol. The summed E-state index contributed by atoms with van der Waals surface area (Å²) in [4.78, 5) is 256. The summed E-state index contributed by atoms with van der Waals surface area (Å²) in [6, 6.07) is -5.63. The molecular weight excluding hydrogens is 1830 g/mol. The molecule has 5 aromatic heterocycles. The zero-order valence-electron chi connectivity index (χ0n) is 73.6. The maximum Gasteiger partial charge on any atom is 0.469 e. The van der Waals surface area contributed by atoms with E-state index in [-0.39, 0.29) is 92.3 Å². The number of guanidine groups is 1. The Morgan fingerprint density at radius 2 is 0.985 bits per heavy atom. The zero-order valence-corrected chi connectivity index (χ0v) is 76.9. The molecule has 2 aromatic carbocycles. The van der Waals surface area contributed by atoms with Crippen LogP contribution < -0.4 is 92.1 Å². The Bertz CT molecular complexity index is 5200. The first-order valence-corrected chi connectivity index (χ1v) is 45.5. The van der Waals surface area contributed by atoms with Gasteiger partial charge in [-0.15, -0.1) is 5.10 Å². The van der Waals surface area contributed by atoms with E-state index in [1.54, 1.807) is 59.0 Å². The summed E-state index contributed by atoms with van der Waals surface area (Å²) in [6.07, 6.45) is 6.39. The predicted octanol–water partition coefficient (Wildman–Crippen LogP) is -2.53. The first-order valence-electron chi connectivity index (χ1n) is 42.0. The number of amides is 15. The summed E-state index contributed by atoms with van der Waals surface area (Å²) in [5.74, 6) is -17.9. The van der Waals surface area contributed by atoms with Crippen molar-refractivity contribution in [2.24, 2.45) is 40.7 Å². The van der Waals surface area contributed by atoms with Crippen molar-refractivity contribution in [3.63, 3.8) is 0 Å². The molecule has 51 heteroatoms. The van der Waals surface area contributed by atoms with Crippen LogP contribution in [0.2, 0.25) is 0 Å². The van der Waals surface area contributed by atoms with Gasteiger partial charge in [0.05, 0.1) is 60.2 Å². The van der Waals surface area contributed by atoms with Gasteiger partial charge in [-0.3, -0.25) is 81.9 Å². The number of phenolic OH excluding ortho intramolecular Hbond substituents is 1. The highest BCUT2D eigenvalue weighted by Gasteiger charge is 2.40. The van der Waals surface area contributed by atoms with Crippen LogP contribution in [-0.2, 0) is 106 Å². The highest BCUT2D eigenvalue weighted by molar-refractivity contribution is 9.10. The number of H-pyrrole nitrogens is 3. The normalized spacial score (nSPS) is 14.4. The fourth-order valence-electron chi connectivity index (χ4n) is 13.3. The van der Waals surface area contributed by atoms with Crippen molar-refractivity contribution in [1.82, 2.24) is 119 Å². The molecule has 0 saturated carbocycles. The van der Waals surface area contributed by atoms with E-state index < -0.39 is 219 Å². The third-order valence-corrected chi connectivity index (χ3v) is 22.4. The van der Waals surface area contributed by atoms with Crippen LogP contribution in [0, 0.1) is 23.2 Å². The average molecular weight is 1940 g/mol. The summed E-state index contributed by atoms with van der Waals surface area (Å²) in [6.45, 7) is 10.9. The molecule has 0 radical (unpaired) electrons. The van der Waals surface area contributed by atoms with Gasteiger partial charge in [0.15, 0.2) is 5.96 Å².